The summed E-state index contributed by atoms with van der Waals surface area (Å²) in [5.41, 5.74) is 7.05. The van der Waals surface area contributed by atoms with Crippen LogP contribution in [0.15, 0.2) is 183 Å². The van der Waals surface area contributed by atoms with Gasteiger partial charge in [0, 0.05) is 25.7 Å². The van der Waals surface area contributed by atoms with Crippen molar-refractivity contribution in [2.24, 2.45) is 0 Å². The van der Waals surface area contributed by atoms with Gasteiger partial charge in [0.1, 0.15) is 72.1 Å². The van der Waals surface area contributed by atoms with Crippen molar-refractivity contribution in [2.45, 2.75) is 67.0 Å². The SMILES string of the molecule is C.C.CC(C)(C)[Si](C)(C)Oc1ccc(B(O)O)cc1.Fc1cccc(COc2ccc(Nc3ncnc4ccc(I)cc34)cc2Cl)c1.Oc1ccc(-c2ccc3ncnc(Nc4ccc(OCc5cccc(F)c5)c(Cl)c4)c3c2)cc1. The predicted molar refractivity (Wildman–Crippen MR) is 337 cm³/mol. The molecule has 2 heterocycles. The van der Waals surface area contributed by atoms with Crippen LogP contribution in [0.1, 0.15) is 46.8 Å². The molecule has 0 unspecified atom stereocenters. The zero-order chi connectivity index (χ0) is 56.3. The minimum atomic E-state index is -1.82. The van der Waals surface area contributed by atoms with Crippen molar-refractivity contribution in [3.05, 3.63) is 219 Å². The first-order valence-electron chi connectivity index (χ1n) is 24.7. The number of phenolic OH excluding ortho intramolecular Hbond substituents is 1. The molecule has 0 saturated heterocycles. The summed E-state index contributed by atoms with van der Waals surface area (Å²) in [4.78, 5) is 17.4. The molecule has 0 bridgehead atoms. The molecular formula is C62H62BCl2F2IN6O6Si. The number of halogens is 5. The van der Waals surface area contributed by atoms with Crippen LogP contribution >= 0.6 is 45.8 Å². The van der Waals surface area contributed by atoms with Gasteiger partial charge < -0.3 is 39.7 Å². The van der Waals surface area contributed by atoms with Crippen LogP contribution in [-0.2, 0) is 13.2 Å². The normalized spacial score (nSPS) is 10.9. The summed E-state index contributed by atoms with van der Waals surface area (Å²) < 4.78 is 45.3. The first kappa shape index (κ1) is 62.8. The van der Waals surface area contributed by atoms with E-state index in [-0.39, 0.29) is 50.5 Å². The van der Waals surface area contributed by atoms with Gasteiger partial charge in [0.2, 0.25) is 8.32 Å². The molecule has 10 rings (SSSR count). The smallest absolute Gasteiger partial charge is 0.488 e. The summed E-state index contributed by atoms with van der Waals surface area (Å²) in [7, 11) is -3.23. The highest BCUT2D eigenvalue weighted by Gasteiger charge is 2.39. The third kappa shape index (κ3) is 17.3. The van der Waals surface area contributed by atoms with E-state index in [9.17, 15) is 13.9 Å². The van der Waals surface area contributed by atoms with E-state index in [4.69, 9.17) is 47.1 Å². The molecule has 0 aliphatic heterocycles. The second kappa shape index (κ2) is 28.3. The Balaban J connectivity index is 0.000000204. The number of nitrogens with zero attached hydrogens (tertiary/aromatic N) is 4. The Hall–Kier alpha value is -7.39. The van der Waals surface area contributed by atoms with Crippen molar-refractivity contribution >= 4 is 112 Å². The molecule has 0 spiro atoms. The Labute approximate surface area is 496 Å². The molecule has 0 atom stereocenters. The van der Waals surface area contributed by atoms with Crippen LogP contribution in [0.3, 0.4) is 0 Å². The Morgan fingerprint density at radius 2 is 1.06 bits per heavy atom. The number of nitrogens with one attached hydrogen (secondary N) is 2. The zero-order valence-corrected chi connectivity index (χ0v) is 48.2. The number of ether oxygens (including phenoxy) is 2. The highest BCUT2D eigenvalue weighted by atomic mass is 127. The van der Waals surface area contributed by atoms with E-state index >= 15 is 0 Å². The van der Waals surface area contributed by atoms with Gasteiger partial charge in [-0.25, -0.2) is 28.7 Å². The molecule has 0 aliphatic rings. The number of hydrogen-bond acceptors (Lipinski definition) is 12. The molecule has 418 valence electrons. The molecule has 0 aliphatic carbocycles. The fourth-order valence-corrected chi connectivity index (χ4v) is 9.51. The number of aromatic hydroxyl groups is 1. The number of fused-ring (bicyclic) bond motifs is 2. The maximum absolute atomic E-state index is 13.4. The number of hydrogen-bond donors (Lipinski definition) is 5. The van der Waals surface area contributed by atoms with Crippen LogP contribution in [0.25, 0.3) is 32.9 Å². The van der Waals surface area contributed by atoms with Crippen LogP contribution in [-0.4, -0.2) is 50.5 Å². The van der Waals surface area contributed by atoms with Crippen molar-refractivity contribution in [1.82, 2.24) is 19.9 Å². The van der Waals surface area contributed by atoms with Gasteiger partial charge in [0.05, 0.1) is 21.1 Å². The van der Waals surface area contributed by atoms with E-state index in [2.05, 4.69) is 87.0 Å². The van der Waals surface area contributed by atoms with Gasteiger partial charge >= 0.3 is 7.12 Å². The van der Waals surface area contributed by atoms with E-state index in [0.717, 1.165) is 64.8 Å². The topological polar surface area (TPSA) is 164 Å². The molecule has 12 nitrogen and oxygen atoms in total. The van der Waals surface area contributed by atoms with Crippen molar-refractivity contribution in [2.75, 3.05) is 10.6 Å². The van der Waals surface area contributed by atoms with E-state index in [1.807, 2.05) is 60.7 Å². The fraction of sp³-hybridized carbons (Fsp3) is 0.161. The Bertz CT molecular complexity index is 3720. The van der Waals surface area contributed by atoms with Crippen LogP contribution in [0.4, 0.5) is 31.8 Å². The Morgan fingerprint density at radius 1 is 0.580 bits per heavy atom. The second-order valence-corrected chi connectivity index (χ2v) is 26.4. The zero-order valence-electron chi connectivity index (χ0n) is 43.6. The van der Waals surface area contributed by atoms with Crippen molar-refractivity contribution < 1.29 is 37.8 Å². The third-order valence-corrected chi connectivity index (χ3v) is 18.4. The quantitative estimate of drug-likeness (QED) is 0.0518. The number of aromatic nitrogens is 4. The first-order valence-corrected chi connectivity index (χ1v) is 29.5. The highest BCUT2D eigenvalue weighted by Crippen LogP contribution is 2.38. The molecule has 0 amide bonds. The summed E-state index contributed by atoms with van der Waals surface area (Å²) in [6.07, 6.45) is 3.03. The van der Waals surface area contributed by atoms with Gasteiger partial charge in [-0.3, -0.25) is 0 Å². The van der Waals surface area contributed by atoms with Gasteiger partial charge in [0.25, 0.3) is 0 Å². The molecule has 19 heteroatoms. The molecule has 81 heavy (non-hydrogen) atoms. The molecule has 0 fully saturated rings. The predicted octanol–water partition coefficient (Wildman–Crippen LogP) is 16.5. The van der Waals surface area contributed by atoms with E-state index in [0.29, 0.717) is 38.6 Å². The molecule has 2 aromatic heterocycles. The number of rotatable bonds is 14. The van der Waals surface area contributed by atoms with Crippen LogP contribution < -0.4 is 30.0 Å². The summed E-state index contributed by atoms with van der Waals surface area (Å²) in [5, 5.41) is 36.9. The molecule has 10 aromatic rings. The van der Waals surface area contributed by atoms with Gasteiger partial charge in [0.15, 0.2) is 0 Å². The van der Waals surface area contributed by atoms with Crippen LogP contribution in [0.2, 0.25) is 28.2 Å². The average molecular weight is 1260 g/mol. The Kier molecular flexibility index (Phi) is 22.0. The minimum Gasteiger partial charge on any atom is -0.544 e. The van der Waals surface area contributed by atoms with Gasteiger partial charge in [-0.1, -0.05) is 113 Å². The van der Waals surface area contributed by atoms with Crippen molar-refractivity contribution in [3.8, 4) is 34.1 Å². The Morgan fingerprint density at radius 3 is 1.53 bits per heavy atom. The monoisotopic (exact) mass is 1260 g/mol. The van der Waals surface area contributed by atoms with Crippen molar-refractivity contribution in [1.29, 1.82) is 0 Å². The third-order valence-electron chi connectivity index (χ3n) is 12.7. The van der Waals surface area contributed by atoms with Crippen molar-refractivity contribution in [3.63, 3.8) is 0 Å². The van der Waals surface area contributed by atoms with E-state index in [1.165, 1.54) is 36.9 Å². The lowest BCUT2D eigenvalue weighted by atomic mass is 9.80. The lowest BCUT2D eigenvalue weighted by molar-refractivity contribution is 0.306. The lowest BCUT2D eigenvalue weighted by Gasteiger charge is -2.36. The van der Waals surface area contributed by atoms with E-state index in [1.54, 1.807) is 84.9 Å². The summed E-state index contributed by atoms with van der Waals surface area (Å²) >= 11 is 15.1. The van der Waals surface area contributed by atoms with Gasteiger partial charge in [-0.05, 0) is 184 Å². The lowest BCUT2D eigenvalue weighted by Crippen LogP contribution is -2.44. The molecule has 0 radical (unpaired) electrons. The van der Waals surface area contributed by atoms with Gasteiger partial charge in [-0.2, -0.15) is 0 Å². The van der Waals surface area contributed by atoms with E-state index < -0.39 is 15.4 Å². The molecule has 8 aromatic carbocycles. The molecule has 0 saturated carbocycles. The van der Waals surface area contributed by atoms with Crippen LogP contribution in [0.5, 0.6) is 23.0 Å². The summed E-state index contributed by atoms with van der Waals surface area (Å²) in [6, 6.07) is 49.1. The second-order valence-electron chi connectivity index (χ2n) is 19.6. The largest absolute Gasteiger partial charge is 0.544 e. The van der Waals surface area contributed by atoms with Crippen LogP contribution in [0, 0.1) is 15.2 Å². The summed E-state index contributed by atoms with van der Waals surface area (Å²) in [6.45, 7) is 11.4. The first-order chi connectivity index (χ1) is 37.8. The standard InChI is InChI=1S/C27H19ClFN3O2.C21H14ClFIN3O.C12H21BO3Si.2CH4/c28-24-14-21(7-11-26(24)34-15-17-2-1-3-20(29)12-17)32-27-23-13-19(6-10-25(23)30-16-31-27)18-4-8-22(33)9-5-18;22-18-10-16(5-7-20(18)28-11-13-2-1-3-14(23)8-13)27-21-17-9-15(24)4-6-19(17)25-12-26-21;1-12(2,3)17(4,5)16-11-8-6-10(7-9-11)13(14)15;;/h1-14,16,33H,15H2,(H,30,31,32);1-10,12H,11H2,(H,25,26,27);6-9,14-15H,1-5H3;2*1H4. The maximum Gasteiger partial charge on any atom is 0.488 e. The number of phenols is 1. The maximum atomic E-state index is 13.4. The number of benzene rings is 8. The fourth-order valence-electron chi connectivity index (χ4n) is 7.51. The minimum absolute atomic E-state index is 0. The highest BCUT2D eigenvalue weighted by molar-refractivity contribution is 14.1. The number of anilines is 4. The molecular weight excluding hydrogens is 1200 g/mol. The average Bonchev–Trinajstić information content (AvgIpc) is 3.42. The molecule has 5 N–H and O–H groups in total. The van der Waals surface area contributed by atoms with Gasteiger partial charge in [-0.15, -0.1) is 0 Å². The summed E-state index contributed by atoms with van der Waals surface area (Å²) in [5.74, 6) is 2.77.